The second kappa shape index (κ2) is 9.25. The molecule has 0 spiro atoms. The maximum absolute atomic E-state index is 13.5. The lowest BCUT2D eigenvalue weighted by Gasteiger charge is -2.33. The summed E-state index contributed by atoms with van der Waals surface area (Å²) in [6.07, 6.45) is -0.0788. The second-order valence-corrected chi connectivity index (χ2v) is 7.07. The largest absolute Gasteiger partial charge is 0.462 e. The first-order valence-electron chi connectivity index (χ1n) is 7.91. The van der Waals surface area contributed by atoms with Crippen molar-refractivity contribution in [3.8, 4) is 0 Å². The van der Waals surface area contributed by atoms with Gasteiger partial charge in [0.2, 0.25) is 0 Å². The molecule has 2 rings (SSSR count). The number of thioether (sulfide) groups is 1. The monoisotopic (exact) mass is 341 g/mol. The summed E-state index contributed by atoms with van der Waals surface area (Å²) in [6, 6.07) is 6.41. The van der Waals surface area contributed by atoms with Gasteiger partial charge in [0.05, 0.1) is 12.4 Å². The molecule has 0 aromatic heterocycles. The van der Waals surface area contributed by atoms with E-state index in [1.165, 1.54) is 6.07 Å². The third-order valence-electron chi connectivity index (χ3n) is 3.46. The molecule has 1 aliphatic rings. The van der Waals surface area contributed by atoms with Gasteiger partial charge in [-0.25, -0.2) is 4.39 Å². The van der Waals surface area contributed by atoms with Crippen molar-refractivity contribution in [3.05, 3.63) is 30.1 Å². The standard InChI is InChI=1S/C17H24FNO3S/c1-13(2)9-19-7-8-21-14(10-19)11-22-17(20)12-23-16-6-4-3-5-15(16)18/h3-6,13-14H,7-12H2,1-2H3. The molecular formula is C17H24FNO3S. The molecule has 0 N–H and O–H groups in total. The molecular weight excluding hydrogens is 317 g/mol. The lowest BCUT2D eigenvalue weighted by Crippen LogP contribution is -2.45. The summed E-state index contributed by atoms with van der Waals surface area (Å²) >= 11 is 1.15. The van der Waals surface area contributed by atoms with Crippen LogP contribution in [0.5, 0.6) is 0 Å². The number of benzene rings is 1. The van der Waals surface area contributed by atoms with Gasteiger partial charge < -0.3 is 9.47 Å². The first kappa shape index (κ1) is 18.2. The van der Waals surface area contributed by atoms with Crippen LogP contribution >= 0.6 is 11.8 Å². The summed E-state index contributed by atoms with van der Waals surface area (Å²) in [5.41, 5.74) is 0. The summed E-state index contributed by atoms with van der Waals surface area (Å²) in [7, 11) is 0. The van der Waals surface area contributed by atoms with Crippen molar-refractivity contribution in [2.24, 2.45) is 5.92 Å². The van der Waals surface area contributed by atoms with Gasteiger partial charge in [0.1, 0.15) is 18.5 Å². The minimum absolute atomic E-state index is 0.0788. The Labute approximate surface area is 141 Å². The van der Waals surface area contributed by atoms with E-state index in [9.17, 15) is 9.18 Å². The lowest BCUT2D eigenvalue weighted by molar-refractivity contribution is -0.147. The zero-order valence-corrected chi connectivity index (χ0v) is 14.5. The second-order valence-electron chi connectivity index (χ2n) is 6.05. The van der Waals surface area contributed by atoms with Gasteiger partial charge >= 0.3 is 5.97 Å². The molecule has 0 amide bonds. The first-order chi connectivity index (χ1) is 11.0. The highest BCUT2D eigenvalue weighted by atomic mass is 32.2. The fourth-order valence-corrected chi connectivity index (χ4v) is 3.23. The van der Waals surface area contributed by atoms with Gasteiger partial charge in [0.15, 0.2) is 0 Å². The van der Waals surface area contributed by atoms with E-state index in [1.54, 1.807) is 18.2 Å². The van der Waals surface area contributed by atoms with Crippen molar-refractivity contribution in [1.82, 2.24) is 4.90 Å². The highest BCUT2D eigenvalue weighted by molar-refractivity contribution is 8.00. The summed E-state index contributed by atoms with van der Waals surface area (Å²) in [5.74, 6) is 0.0464. The van der Waals surface area contributed by atoms with Gasteiger partial charge in [0.25, 0.3) is 0 Å². The number of carbonyl (C=O) groups is 1. The molecule has 1 aromatic carbocycles. The van der Waals surface area contributed by atoms with Gasteiger partial charge in [0, 0.05) is 24.5 Å². The summed E-state index contributed by atoms with van der Waals surface area (Å²) in [4.78, 5) is 14.6. The molecule has 4 nitrogen and oxygen atoms in total. The Morgan fingerprint density at radius 1 is 1.48 bits per heavy atom. The Morgan fingerprint density at radius 2 is 2.26 bits per heavy atom. The van der Waals surface area contributed by atoms with Gasteiger partial charge in [-0.05, 0) is 18.1 Å². The Bertz CT molecular complexity index is 512. The number of carbonyl (C=O) groups excluding carboxylic acids is 1. The van der Waals surface area contributed by atoms with Crippen LogP contribution in [0.4, 0.5) is 4.39 Å². The number of hydrogen-bond acceptors (Lipinski definition) is 5. The quantitative estimate of drug-likeness (QED) is 0.563. The number of nitrogens with zero attached hydrogens (tertiary/aromatic N) is 1. The van der Waals surface area contributed by atoms with E-state index in [-0.39, 0.29) is 30.3 Å². The molecule has 1 aliphatic heterocycles. The van der Waals surface area contributed by atoms with Crippen molar-refractivity contribution >= 4 is 17.7 Å². The normalized spacial score (nSPS) is 19.0. The molecule has 1 aromatic rings. The zero-order valence-electron chi connectivity index (χ0n) is 13.7. The van der Waals surface area contributed by atoms with Gasteiger partial charge in [-0.3, -0.25) is 9.69 Å². The lowest BCUT2D eigenvalue weighted by atomic mass is 10.2. The van der Waals surface area contributed by atoms with E-state index in [0.29, 0.717) is 17.4 Å². The molecule has 128 valence electrons. The van der Waals surface area contributed by atoms with E-state index < -0.39 is 0 Å². The van der Waals surface area contributed by atoms with E-state index in [1.807, 2.05) is 0 Å². The average molecular weight is 341 g/mol. The van der Waals surface area contributed by atoms with Crippen LogP contribution in [0.1, 0.15) is 13.8 Å². The Morgan fingerprint density at radius 3 is 3.00 bits per heavy atom. The predicted octanol–water partition coefficient (Wildman–Crippen LogP) is 2.82. The highest BCUT2D eigenvalue weighted by Crippen LogP contribution is 2.21. The molecule has 1 fully saturated rings. The molecule has 0 aliphatic carbocycles. The number of halogens is 1. The van der Waals surface area contributed by atoms with Crippen LogP contribution in [-0.4, -0.2) is 55.6 Å². The summed E-state index contributed by atoms with van der Waals surface area (Å²) in [6.45, 7) is 8.02. The molecule has 0 radical (unpaired) electrons. The molecule has 1 saturated heterocycles. The van der Waals surface area contributed by atoms with Crippen LogP contribution in [0, 0.1) is 11.7 Å². The number of morpholine rings is 1. The molecule has 1 unspecified atom stereocenters. The highest BCUT2D eigenvalue weighted by Gasteiger charge is 2.22. The maximum Gasteiger partial charge on any atom is 0.316 e. The van der Waals surface area contributed by atoms with Crippen molar-refractivity contribution in [2.45, 2.75) is 24.8 Å². The van der Waals surface area contributed by atoms with E-state index >= 15 is 0 Å². The first-order valence-corrected chi connectivity index (χ1v) is 8.90. The van der Waals surface area contributed by atoms with E-state index in [2.05, 4.69) is 18.7 Å². The average Bonchev–Trinajstić information content (AvgIpc) is 2.52. The van der Waals surface area contributed by atoms with Crippen molar-refractivity contribution in [3.63, 3.8) is 0 Å². The van der Waals surface area contributed by atoms with Gasteiger partial charge in [-0.1, -0.05) is 26.0 Å². The zero-order chi connectivity index (χ0) is 16.7. The topological polar surface area (TPSA) is 38.8 Å². The molecule has 6 heteroatoms. The maximum atomic E-state index is 13.5. The number of rotatable bonds is 7. The Kier molecular flexibility index (Phi) is 7.33. The minimum atomic E-state index is -0.345. The third kappa shape index (κ3) is 6.49. The van der Waals surface area contributed by atoms with E-state index in [4.69, 9.17) is 9.47 Å². The number of hydrogen-bond donors (Lipinski definition) is 0. The predicted molar refractivity (Wildman–Crippen MR) is 89.1 cm³/mol. The van der Waals surface area contributed by atoms with Gasteiger partial charge in [-0.2, -0.15) is 0 Å². The van der Waals surface area contributed by atoms with Crippen molar-refractivity contribution < 1.29 is 18.7 Å². The molecule has 0 bridgehead atoms. The third-order valence-corrected chi connectivity index (χ3v) is 4.48. The summed E-state index contributed by atoms with van der Waals surface area (Å²) < 4.78 is 24.4. The van der Waals surface area contributed by atoms with Crippen LogP contribution in [0.2, 0.25) is 0 Å². The van der Waals surface area contributed by atoms with Crippen molar-refractivity contribution in [2.75, 3.05) is 38.6 Å². The number of ether oxygens (including phenoxy) is 2. The van der Waals surface area contributed by atoms with Crippen LogP contribution in [0.15, 0.2) is 29.2 Å². The SMILES string of the molecule is CC(C)CN1CCOC(COC(=O)CSc2ccccc2F)C1. The van der Waals surface area contributed by atoms with Crippen LogP contribution in [0.25, 0.3) is 0 Å². The molecule has 1 heterocycles. The Hall–Kier alpha value is -1.11. The van der Waals surface area contributed by atoms with Crippen LogP contribution in [-0.2, 0) is 14.3 Å². The molecule has 23 heavy (non-hydrogen) atoms. The Balaban J connectivity index is 1.69. The molecule has 0 saturated carbocycles. The molecule has 1 atom stereocenters. The van der Waals surface area contributed by atoms with Gasteiger partial charge in [-0.15, -0.1) is 11.8 Å². The van der Waals surface area contributed by atoms with E-state index in [0.717, 1.165) is 31.4 Å². The van der Waals surface area contributed by atoms with Crippen molar-refractivity contribution in [1.29, 1.82) is 0 Å². The smallest absolute Gasteiger partial charge is 0.316 e. The fourth-order valence-electron chi connectivity index (χ4n) is 2.49. The minimum Gasteiger partial charge on any atom is -0.462 e. The van der Waals surface area contributed by atoms with Crippen LogP contribution in [0.3, 0.4) is 0 Å². The number of esters is 1. The fraction of sp³-hybridized carbons (Fsp3) is 0.588. The van der Waals surface area contributed by atoms with Crippen LogP contribution < -0.4 is 0 Å². The summed E-state index contributed by atoms with van der Waals surface area (Å²) in [5, 5.41) is 0.